The Bertz CT molecular complexity index is 3960. The maximum atomic E-state index is 5.56. The highest BCUT2D eigenvalue weighted by Gasteiger charge is 2.50. The Labute approximate surface area is 693 Å². The van der Waals surface area contributed by atoms with Gasteiger partial charge in [-0.1, -0.05) is 416 Å². The lowest BCUT2D eigenvalue weighted by Crippen LogP contribution is -2.27. The third kappa shape index (κ3) is 24.2. The van der Waals surface area contributed by atoms with E-state index in [0.717, 1.165) is 54.6 Å². The van der Waals surface area contributed by atoms with Gasteiger partial charge in [-0.05, 0) is 121 Å². The van der Waals surface area contributed by atoms with Crippen molar-refractivity contribution < 1.29 is 0 Å². The minimum Gasteiger partial charge on any atom is -0.222 e. The van der Waals surface area contributed by atoms with Crippen LogP contribution in [0.25, 0.3) is 84.2 Å². The molecule has 0 radical (unpaired) electrons. The third-order valence-electron chi connectivity index (χ3n) is 25.9. The van der Waals surface area contributed by atoms with E-state index >= 15 is 0 Å². The zero-order valence-electron chi connectivity index (χ0n) is 70.2. The van der Waals surface area contributed by atoms with Gasteiger partial charge in [0.2, 0.25) is 0 Å². The van der Waals surface area contributed by atoms with Crippen LogP contribution < -0.4 is 0 Å². The Balaban J connectivity index is 0.926. The van der Waals surface area contributed by atoms with Crippen LogP contribution in [0.3, 0.4) is 0 Å². The normalized spacial score (nSPS) is 13.5. The first-order valence-electron chi connectivity index (χ1n) is 46.5. The number of thiazole rings is 2. The van der Waals surface area contributed by atoms with E-state index in [9.17, 15) is 0 Å². The van der Waals surface area contributed by atoms with E-state index in [4.69, 9.17) is 27.5 Å². The fourth-order valence-corrected chi connectivity index (χ4v) is 24.7. The van der Waals surface area contributed by atoms with Crippen LogP contribution in [0.1, 0.15) is 446 Å². The third-order valence-corrected chi connectivity index (χ3v) is 31.4. The number of nitrogens with zero attached hydrogens (tertiary/aromatic N) is 6. The monoisotopic (exact) mass is 1600 g/mol. The van der Waals surface area contributed by atoms with Gasteiger partial charge in [0.1, 0.15) is 32.1 Å². The molecule has 3 aromatic carbocycles. The maximum absolute atomic E-state index is 5.56. The number of unbranched alkanes of at least 4 members (excludes halogenated alkanes) is 52. The Hall–Kier alpha value is -3.78. The predicted molar refractivity (Wildman–Crippen MR) is 491 cm³/mol. The largest absolute Gasteiger partial charge is 0.222 e. The average molecular weight is 1600 g/mol. The zero-order valence-corrected chi connectivity index (χ0v) is 75.1. The molecule has 604 valence electrons. The smallest absolute Gasteiger partial charge is 0.155 e. The van der Waals surface area contributed by atoms with Crippen molar-refractivity contribution in [2.75, 3.05) is 0 Å². The summed E-state index contributed by atoms with van der Waals surface area (Å²) >= 11 is 10.1. The molecular formula is C98H146N6S6. The second kappa shape index (κ2) is 48.1. The molecule has 9 aromatic rings. The molecule has 110 heavy (non-hydrogen) atoms. The molecule has 0 unspecified atom stereocenters. The summed E-state index contributed by atoms with van der Waals surface area (Å²) in [4.78, 5) is 17.6. The van der Waals surface area contributed by atoms with Gasteiger partial charge in [0.15, 0.2) is 9.66 Å². The summed E-state index contributed by atoms with van der Waals surface area (Å²) in [5.41, 5.74) is 18.8. The van der Waals surface area contributed by atoms with Gasteiger partial charge in [-0.2, -0.15) is 17.5 Å². The average Bonchev–Trinajstić information content (AvgIpc) is 1.51. The molecular weight excluding hydrogens is 1450 g/mol. The fraction of sp³-hybridized carbons (Fsp3) is 0.694. The number of hydrogen-bond acceptors (Lipinski definition) is 12. The topological polar surface area (TPSA) is 77.3 Å². The molecule has 0 bridgehead atoms. The van der Waals surface area contributed by atoms with Crippen LogP contribution in [-0.2, 0) is 10.8 Å². The second-order valence-electron chi connectivity index (χ2n) is 34.6. The molecule has 2 aliphatic rings. The van der Waals surface area contributed by atoms with E-state index in [1.165, 1.54) is 454 Å². The fourth-order valence-electron chi connectivity index (χ4n) is 19.4. The van der Waals surface area contributed by atoms with Crippen LogP contribution >= 0.6 is 68.8 Å². The highest BCUT2D eigenvalue weighted by Crippen LogP contribution is 2.64. The Kier molecular flexibility index (Phi) is 38.0. The Morgan fingerprint density at radius 1 is 0.255 bits per heavy atom. The number of rotatable bonds is 63. The van der Waals surface area contributed by atoms with Crippen LogP contribution in [0.2, 0.25) is 0 Å². The van der Waals surface area contributed by atoms with Crippen molar-refractivity contribution in [3.05, 3.63) is 81.2 Å². The van der Waals surface area contributed by atoms with Crippen LogP contribution in [0.5, 0.6) is 0 Å². The molecule has 6 aromatic heterocycles. The van der Waals surface area contributed by atoms with Crippen molar-refractivity contribution in [2.24, 2.45) is 0 Å². The van der Waals surface area contributed by atoms with Gasteiger partial charge in [-0.15, -0.1) is 22.7 Å². The summed E-state index contributed by atoms with van der Waals surface area (Å²) in [6.07, 6.45) is 81.9. The standard InChI is InChI=1S/C98H146N6S6/c1-7-11-15-19-23-27-31-35-39-43-47-51-55-59-67-97(68-60-56-52-48-44-40-36-32-28-24-20-16-12-8-2)80-73-78-81(72-77(80)87-82(97)71-75(5)89-91(87)103-109-101-89)98(69-61-57-53-49-45-41-37-33-29-25-21-17-13-9-3,70-62-58-54-50-46-42-38-34-30-26-22-18-14-10-4)83-74-79(90-92(88(78)83)104-110-102-90)84-65-66-86(106-84)94-100-96-95(108-94)99-93(107-96)85-64-63-76(6)105-85/h63-66,71-74H,7-62,67-70H2,1-6H3. The van der Waals surface area contributed by atoms with Gasteiger partial charge >= 0.3 is 0 Å². The molecule has 6 heterocycles. The van der Waals surface area contributed by atoms with Crippen molar-refractivity contribution in [3.63, 3.8) is 0 Å². The number of hydrogen-bond donors (Lipinski definition) is 0. The molecule has 0 saturated heterocycles. The Morgan fingerprint density at radius 2 is 0.527 bits per heavy atom. The summed E-state index contributed by atoms with van der Waals surface area (Å²) < 4.78 is 21.5. The van der Waals surface area contributed by atoms with Crippen molar-refractivity contribution in [1.29, 1.82) is 0 Å². The lowest BCUT2D eigenvalue weighted by molar-refractivity contribution is 0.393. The molecule has 0 aliphatic heterocycles. The van der Waals surface area contributed by atoms with E-state index in [-0.39, 0.29) is 10.8 Å². The maximum Gasteiger partial charge on any atom is 0.155 e. The summed E-state index contributed by atoms with van der Waals surface area (Å²) in [6, 6.07) is 20.2. The molecule has 2 aliphatic carbocycles. The molecule has 0 fully saturated rings. The van der Waals surface area contributed by atoms with Crippen LogP contribution in [0, 0.1) is 13.8 Å². The van der Waals surface area contributed by atoms with E-state index < -0.39 is 0 Å². The molecule has 11 rings (SSSR count). The summed E-state index contributed by atoms with van der Waals surface area (Å²) in [5.74, 6) is 0. The summed E-state index contributed by atoms with van der Waals surface area (Å²) in [7, 11) is 0. The zero-order chi connectivity index (χ0) is 76.3. The SMILES string of the molecule is CCCCCCCCCCCCCCCCC1(CCCCCCCCCCCCCCCC)c2cc3c(cc2-c2c1cc(C)c1nsnc21)C(CCCCCCCCCCCCCCCC)(CCCCCCCCCCCCCCCC)c1cc(-c2ccc(-c4nc5sc(-c6ccc(C)s6)nc5s4)s2)c2nsnc2c1-3. The van der Waals surface area contributed by atoms with Crippen LogP contribution in [0.4, 0.5) is 0 Å². The highest BCUT2D eigenvalue weighted by molar-refractivity contribution is 7.32. The number of benzene rings is 3. The molecule has 0 amide bonds. The van der Waals surface area contributed by atoms with Gasteiger partial charge in [-0.3, -0.25) is 0 Å². The van der Waals surface area contributed by atoms with E-state index in [0.29, 0.717) is 0 Å². The lowest BCUT2D eigenvalue weighted by Gasteiger charge is -2.35. The first-order chi connectivity index (χ1) is 54.3. The molecule has 0 spiro atoms. The lowest BCUT2D eigenvalue weighted by atomic mass is 9.68. The second-order valence-corrected chi connectivity index (χ2v) is 40.0. The first kappa shape index (κ1) is 87.1. The number of aromatic nitrogens is 6. The Morgan fingerprint density at radius 3 is 0.864 bits per heavy atom. The number of fused-ring (bicyclic) bond motifs is 11. The van der Waals surface area contributed by atoms with Gasteiger partial charge in [0.25, 0.3) is 0 Å². The van der Waals surface area contributed by atoms with Crippen molar-refractivity contribution in [3.8, 4) is 52.5 Å². The predicted octanol–water partition coefficient (Wildman–Crippen LogP) is 35.5. The van der Waals surface area contributed by atoms with E-state index in [2.05, 4.69) is 90.1 Å². The van der Waals surface area contributed by atoms with Crippen molar-refractivity contribution in [2.45, 2.75) is 438 Å². The van der Waals surface area contributed by atoms with Gasteiger partial charge < -0.3 is 0 Å². The summed E-state index contributed by atoms with van der Waals surface area (Å²) in [5, 5.41) is 2.15. The van der Waals surface area contributed by atoms with E-state index in [1.54, 1.807) is 39.4 Å². The van der Waals surface area contributed by atoms with Gasteiger partial charge in [0.05, 0.1) is 33.2 Å². The molecule has 12 heteroatoms. The molecule has 0 atom stereocenters. The summed E-state index contributed by atoms with van der Waals surface area (Å²) in [6.45, 7) is 13.9. The highest BCUT2D eigenvalue weighted by atomic mass is 32.1. The van der Waals surface area contributed by atoms with Crippen molar-refractivity contribution in [1.82, 2.24) is 27.5 Å². The van der Waals surface area contributed by atoms with E-state index in [1.807, 2.05) is 22.7 Å². The van der Waals surface area contributed by atoms with Crippen molar-refractivity contribution >= 4 is 101 Å². The van der Waals surface area contributed by atoms with Crippen LogP contribution in [0.15, 0.2) is 48.5 Å². The molecule has 0 N–H and O–H groups in total. The number of aryl methyl sites for hydroxylation is 2. The first-order valence-corrected chi connectivity index (χ1v) is 51.3. The van der Waals surface area contributed by atoms with Gasteiger partial charge in [-0.25, -0.2) is 9.97 Å². The minimum absolute atomic E-state index is 0.109. The quantitative estimate of drug-likeness (QED) is 0.0354. The minimum atomic E-state index is -0.177. The van der Waals surface area contributed by atoms with Gasteiger partial charge in [0, 0.05) is 37.3 Å². The number of thiophene rings is 2. The van der Waals surface area contributed by atoms with Crippen LogP contribution in [-0.4, -0.2) is 27.5 Å². The molecule has 0 saturated carbocycles. The molecule has 6 nitrogen and oxygen atoms in total.